The van der Waals surface area contributed by atoms with Crippen LogP contribution in [0.15, 0.2) is 30.5 Å². The van der Waals surface area contributed by atoms with Gasteiger partial charge in [0.2, 0.25) is 0 Å². The summed E-state index contributed by atoms with van der Waals surface area (Å²) >= 11 is 0. The van der Waals surface area contributed by atoms with E-state index in [-0.39, 0.29) is 17.8 Å². The van der Waals surface area contributed by atoms with Crippen LogP contribution in [0.25, 0.3) is 5.65 Å². The number of halogens is 2. The molecule has 9 heteroatoms. The molecular formula is C22H24F2N6O. The van der Waals surface area contributed by atoms with E-state index in [2.05, 4.69) is 12.0 Å². The lowest BCUT2D eigenvalue weighted by Gasteiger charge is -2.26. The zero-order chi connectivity index (χ0) is 21.7. The van der Waals surface area contributed by atoms with Crippen LogP contribution < -0.4 is 10.6 Å². The van der Waals surface area contributed by atoms with Crippen molar-refractivity contribution in [2.75, 3.05) is 30.3 Å². The largest absolute Gasteiger partial charge is 0.381 e. The lowest BCUT2D eigenvalue weighted by Crippen LogP contribution is -2.29. The van der Waals surface area contributed by atoms with E-state index >= 15 is 0 Å². The van der Waals surface area contributed by atoms with Gasteiger partial charge in [0.15, 0.2) is 11.5 Å². The zero-order valence-corrected chi connectivity index (χ0v) is 17.3. The summed E-state index contributed by atoms with van der Waals surface area (Å²) < 4.78 is 29.7. The summed E-state index contributed by atoms with van der Waals surface area (Å²) in [7, 11) is 0. The van der Waals surface area contributed by atoms with Gasteiger partial charge in [-0.05, 0) is 49.4 Å². The molecule has 162 valence electrons. The number of benzene rings is 1. The summed E-state index contributed by atoms with van der Waals surface area (Å²) in [5.74, 6) is 0.0957. The molecule has 2 fully saturated rings. The van der Waals surface area contributed by atoms with Gasteiger partial charge >= 0.3 is 0 Å². The maximum atomic E-state index is 14.4. The predicted octanol–water partition coefficient (Wildman–Crippen LogP) is 3.41. The molecule has 0 saturated carbocycles. The van der Waals surface area contributed by atoms with Crippen molar-refractivity contribution in [2.45, 2.75) is 32.2 Å². The Morgan fingerprint density at radius 1 is 1.19 bits per heavy atom. The van der Waals surface area contributed by atoms with Gasteiger partial charge in [-0.1, -0.05) is 6.92 Å². The Hall–Kier alpha value is -3.23. The van der Waals surface area contributed by atoms with Crippen LogP contribution in [-0.4, -0.2) is 45.0 Å². The number of nitrogens with two attached hydrogens (primary N) is 1. The average molecular weight is 426 g/mol. The van der Waals surface area contributed by atoms with Crippen LogP contribution in [0.1, 0.15) is 48.1 Å². The fourth-order valence-electron chi connectivity index (χ4n) is 4.71. The monoisotopic (exact) mass is 426 g/mol. The van der Waals surface area contributed by atoms with Crippen LogP contribution in [0.4, 0.5) is 20.4 Å². The molecule has 1 unspecified atom stereocenters. The first kappa shape index (κ1) is 19.7. The van der Waals surface area contributed by atoms with Crippen molar-refractivity contribution in [2.24, 2.45) is 5.92 Å². The normalized spacial score (nSPS) is 21.4. The molecule has 0 aliphatic carbocycles. The first-order valence-electron chi connectivity index (χ1n) is 10.6. The van der Waals surface area contributed by atoms with Crippen molar-refractivity contribution >= 4 is 23.2 Å². The number of carbonyl (C=O) groups is 1. The minimum absolute atomic E-state index is 0.142. The quantitative estimate of drug-likeness (QED) is 0.694. The van der Waals surface area contributed by atoms with Crippen LogP contribution in [0.5, 0.6) is 0 Å². The fraction of sp³-hybridized carbons (Fsp3) is 0.409. The Bertz CT molecular complexity index is 1160. The second-order valence-corrected chi connectivity index (χ2v) is 8.48. The fourth-order valence-corrected chi connectivity index (χ4v) is 4.71. The smallest absolute Gasteiger partial charge is 0.261 e. The molecule has 0 radical (unpaired) electrons. The summed E-state index contributed by atoms with van der Waals surface area (Å²) in [6.07, 6.45) is 4.17. The number of fused-ring (bicyclic) bond motifs is 1. The van der Waals surface area contributed by atoms with Crippen LogP contribution in [0.2, 0.25) is 0 Å². The van der Waals surface area contributed by atoms with Gasteiger partial charge in [-0.2, -0.15) is 0 Å². The van der Waals surface area contributed by atoms with Gasteiger partial charge in [0.1, 0.15) is 23.0 Å². The average Bonchev–Trinajstić information content (AvgIpc) is 3.46. The van der Waals surface area contributed by atoms with Crippen LogP contribution in [0.3, 0.4) is 0 Å². The van der Waals surface area contributed by atoms with E-state index in [4.69, 9.17) is 10.7 Å². The van der Waals surface area contributed by atoms with Gasteiger partial charge in [0.05, 0.1) is 6.04 Å². The Morgan fingerprint density at radius 3 is 2.81 bits per heavy atom. The minimum Gasteiger partial charge on any atom is -0.381 e. The van der Waals surface area contributed by atoms with E-state index < -0.39 is 11.6 Å². The molecule has 1 aromatic carbocycles. The Kier molecular flexibility index (Phi) is 4.75. The van der Waals surface area contributed by atoms with Gasteiger partial charge in [-0.25, -0.2) is 18.3 Å². The molecule has 1 amide bonds. The third-order valence-corrected chi connectivity index (χ3v) is 6.29. The SMILES string of the molecule is CC1CCN(C(=O)c2c(N)nn3ccc(N4CCC[C@@H]4c4cc(F)ccc4F)nc23)C1. The summed E-state index contributed by atoms with van der Waals surface area (Å²) in [6, 6.07) is 4.96. The van der Waals surface area contributed by atoms with Crippen LogP contribution in [0, 0.1) is 17.6 Å². The van der Waals surface area contributed by atoms with Gasteiger partial charge in [-0.15, -0.1) is 5.10 Å². The molecule has 4 heterocycles. The molecule has 0 spiro atoms. The van der Waals surface area contributed by atoms with Crippen LogP contribution in [-0.2, 0) is 0 Å². The van der Waals surface area contributed by atoms with Crippen molar-refractivity contribution in [3.8, 4) is 0 Å². The van der Waals surface area contributed by atoms with Gasteiger partial charge in [-0.3, -0.25) is 4.79 Å². The molecule has 2 aliphatic heterocycles. The van der Waals surface area contributed by atoms with E-state index in [0.717, 1.165) is 25.0 Å². The van der Waals surface area contributed by atoms with E-state index in [1.807, 2.05) is 4.90 Å². The summed E-state index contributed by atoms with van der Waals surface area (Å²) in [5, 5.41) is 4.25. The van der Waals surface area contributed by atoms with E-state index in [1.165, 1.54) is 10.6 Å². The molecule has 7 nitrogen and oxygen atoms in total. The number of anilines is 2. The number of hydrogen-bond donors (Lipinski definition) is 1. The van der Waals surface area contributed by atoms with Crippen molar-refractivity contribution < 1.29 is 13.6 Å². The maximum absolute atomic E-state index is 14.4. The highest BCUT2D eigenvalue weighted by Crippen LogP contribution is 2.37. The molecule has 5 rings (SSSR count). The molecule has 2 aliphatic rings. The number of hydrogen-bond acceptors (Lipinski definition) is 5. The molecule has 2 aromatic heterocycles. The highest BCUT2D eigenvalue weighted by atomic mass is 19.1. The Balaban J connectivity index is 1.53. The van der Waals surface area contributed by atoms with E-state index in [1.54, 1.807) is 17.2 Å². The predicted molar refractivity (Wildman–Crippen MR) is 113 cm³/mol. The summed E-state index contributed by atoms with van der Waals surface area (Å²) in [5.41, 5.74) is 7.08. The highest BCUT2D eigenvalue weighted by molar-refractivity contribution is 6.04. The summed E-state index contributed by atoms with van der Waals surface area (Å²) in [6.45, 7) is 4.13. The molecule has 2 saturated heterocycles. The van der Waals surface area contributed by atoms with Crippen molar-refractivity contribution in [3.05, 3.63) is 53.2 Å². The third-order valence-electron chi connectivity index (χ3n) is 6.29. The second kappa shape index (κ2) is 7.47. The minimum atomic E-state index is -0.469. The lowest BCUT2D eigenvalue weighted by atomic mass is 10.0. The molecule has 2 atom stereocenters. The maximum Gasteiger partial charge on any atom is 0.261 e. The standard InChI is InChI=1S/C22H24F2N6O/c1-13-6-9-28(12-13)22(31)19-20(25)27-30-10-7-18(26-21(19)30)29-8-2-3-17(29)15-11-14(23)4-5-16(15)24/h4-5,7,10-11,13,17H,2-3,6,8-9,12H2,1H3,(H2,25,27)/t13?,17-/m1/s1. The third kappa shape index (κ3) is 3.37. The van der Waals surface area contributed by atoms with Gasteiger partial charge in [0, 0.05) is 31.4 Å². The van der Waals surface area contributed by atoms with E-state index in [9.17, 15) is 13.6 Å². The topological polar surface area (TPSA) is 79.8 Å². The number of nitrogens with zero attached hydrogens (tertiary/aromatic N) is 5. The van der Waals surface area contributed by atoms with Crippen molar-refractivity contribution in [1.29, 1.82) is 0 Å². The zero-order valence-electron chi connectivity index (χ0n) is 17.3. The molecule has 0 bridgehead atoms. The number of aromatic nitrogens is 3. The second-order valence-electron chi connectivity index (χ2n) is 8.48. The first-order valence-corrected chi connectivity index (χ1v) is 10.6. The molecule has 3 aromatic rings. The molecular weight excluding hydrogens is 402 g/mol. The summed E-state index contributed by atoms with van der Waals surface area (Å²) in [4.78, 5) is 21.6. The first-order chi connectivity index (χ1) is 14.9. The lowest BCUT2D eigenvalue weighted by molar-refractivity contribution is 0.0791. The van der Waals surface area contributed by atoms with Gasteiger partial charge < -0.3 is 15.5 Å². The Labute approximate surface area is 178 Å². The van der Waals surface area contributed by atoms with Crippen LogP contribution >= 0.6 is 0 Å². The number of rotatable bonds is 3. The van der Waals surface area contributed by atoms with E-state index in [0.29, 0.717) is 54.6 Å². The van der Waals surface area contributed by atoms with Crippen molar-refractivity contribution in [1.82, 2.24) is 19.5 Å². The molecule has 2 N–H and O–H groups in total. The van der Waals surface area contributed by atoms with Crippen molar-refractivity contribution in [3.63, 3.8) is 0 Å². The Morgan fingerprint density at radius 2 is 2.03 bits per heavy atom. The number of nitrogen functional groups attached to an aromatic ring is 1. The highest BCUT2D eigenvalue weighted by Gasteiger charge is 2.32. The number of amides is 1. The van der Waals surface area contributed by atoms with Gasteiger partial charge in [0.25, 0.3) is 5.91 Å². The number of carbonyl (C=O) groups excluding carboxylic acids is 1. The number of likely N-dealkylation sites (tertiary alicyclic amines) is 1. The molecule has 31 heavy (non-hydrogen) atoms.